The van der Waals surface area contributed by atoms with Gasteiger partial charge in [-0.2, -0.15) is 4.98 Å². The fourth-order valence-electron chi connectivity index (χ4n) is 2.49. The van der Waals surface area contributed by atoms with Crippen LogP contribution in [0.25, 0.3) is 11.4 Å². The summed E-state index contributed by atoms with van der Waals surface area (Å²) in [6, 6.07) is 1.95. The lowest BCUT2D eigenvalue weighted by Gasteiger charge is -2.36. The first-order valence-electron chi connectivity index (χ1n) is 6.26. The van der Waals surface area contributed by atoms with Gasteiger partial charge in [0.25, 0.3) is 0 Å². The smallest absolute Gasteiger partial charge is 0.244 e. The van der Waals surface area contributed by atoms with Crippen LogP contribution in [0, 0.1) is 5.41 Å². The largest absolute Gasteiger partial charge is 0.472 e. The summed E-state index contributed by atoms with van der Waals surface area (Å²) in [6.07, 6.45) is 5.57. The summed E-state index contributed by atoms with van der Waals surface area (Å²) in [5, 5.41) is 7.48. The summed E-state index contributed by atoms with van der Waals surface area (Å²) in [7, 11) is 0. The molecule has 3 rings (SSSR count). The van der Waals surface area contributed by atoms with E-state index in [1.807, 2.05) is 6.07 Å². The van der Waals surface area contributed by atoms with Crippen LogP contribution in [0.15, 0.2) is 27.5 Å². The average molecular weight is 247 g/mol. The quantitative estimate of drug-likeness (QED) is 0.884. The predicted octanol–water partition coefficient (Wildman–Crippen LogP) is 2.78. The topological polar surface area (TPSA) is 64.1 Å². The van der Waals surface area contributed by atoms with E-state index in [4.69, 9.17) is 8.94 Å². The molecule has 2 aromatic heterocycles. The number of piperidine rings is 1. The fourth-order valence-corrected chi connectivity index (χ4v) is 2.49. The molecule has 0 amide bonds. The van der Waals surface area contributed by atoms with Crippen LogP contribution in [0.2, 0.25) is 0 Å². The normalized spacial score (nSPS) is 23.1. The van der Waals surface area contributed by atoms with Crippen LogP contribution in [0.1, 0.15) is 38.6 Å². The number of furan rings is 1. The van der Waals surface area contributed by atoms with E-state index < -0.39 is 0 Å². The standard InChI is InChI=1S/C13H17N3O2/c1-13(2)5-3-6-14-10(13)12-15-11(16-18-12)9-4-7-17-8-9/h4,7-8,10,14H,3,5-6H2,1-2H3. The first-order chi connectivity index (χ1) is 8.67. The van der Waals surface area contributed by atoms with Gasteiger partial charge in [0.15, 0.2) is 0 Å². The molecule has 96 valence electrons. The van der Waals surface area contributed by atoms with Crippen molar-refractivity contribution in [2.45, 2.75) is 32.7 Å². The summed E-state index contributed by atoms with van der Waals surface area (Å²) in [5.41, 5.74) is 0.983. The molecule has 0 spiro atoms. The minimum Gasteiger partial charge on any atom is -0.472 e. The zero-order valence-electron chi connectivity index (χ0n) is 10.6. The first kappa shape index (κ1) is 11.5. The van der Waals surface area contributed by atoms with E-state index in [2.05, 4.69) is 29.3 Å². The molecule has 1 aliphatic rings. The third kappa shape index (κ3) is 1.95. The highest BCUT2D eigenvalue weighted by atomic mass is 16.5. The Morgan fingerprint density at radius 3 is 3.06 bits per heavy atom. The number of hydrogen-bond donors (Lipinski definition) is 1. The first-order valence-corrected chi connectivity index (χ1v) is 6.26. The molecule has 5 nitrogen and oxygen atoms in total. The third-order valence-corrected chi connectivity index (χ3v) is 3.60. The summed E-state index contributed by atoms with van der Waals surface area (Å²) in [5.74, 6) is 1.25. The summed E-state index contributed by atoms with van der Waals surface area (Å²) in [4.78, 5) is 4.47. The van der Waals surface area contributed by atoms with E-state index in [-0.39, 0.29) is 11.5 Å². The molecule has 1 unspecified atom stereocenters. The van der Waals surface area contributed by atoms with E-state index in [1.165, 1.54) is 6.42 Å². The lowest BCUT2D eigenvalue weighted by atomic mass is 9.77. The molecule has 1 aliphatic heterocycles. The van der Waals surface area contributed by atoms with Crippen LogP contribution in [-0.4, -0.2) is 16.7 Å². The van der Waals surface area contributed by atoms with Crippen molar-refractivity contribution in [3.63, 3.8) is 0 Å². The molecular weight excluding hydrogens is 230 g/mol. The molecule has 3 heterocycles. The Hall–Kier alpha value is -1.62. The van der Waals surface area contributed by atoms with Crippen LogP contribution in [-0.2, 0) is 0 Å². The molecule has 0 radical (unpaired) electrons. The highest BCUT2D eigenvalue weighted by Crippen LogP contribution is 2.39. The number of aromatic nitrogens is 2. The second-order valence-corrected chi connectivity index (χ2v) is 5.45. The molecule has 1 atom stereocenters. The SMILES string of the molecule is CC1(C)CCCNC1c1nc(-c2ccoc2)no1. The molecule has 0 saturated carbocycles. The minimum absolute atomic E-state index is 0.124. The van der Waals surface area contributed by atoms with Gasteiger partial charge in [-0.05, 0) is 30.9 Å². The predicted molar refractivity (Wildman–Crippen MR) is 65.8 cm³/mol. The van der Waals surface area contributed by atoms with Crippen molar-refractivity contribution >= 4 is 0 Å². The van der Waals surface area contributed by atoms with E-state index in [0.29, 0.717) is 11.7 Å². The molecule has 2 aromatic rings. The van der Waals surface area contributed by atoms with Gasteiger partial charge in [-0.15, -0.1) is 0 Å². The molecule has 1 saturated heterocycles. The van der Waals surface area contributed by atoms with E-state index >= 15 is 0 Å². The maximum atomic E-state index is 5.40. The van der Waals surface area contributed by atoms with Gasteiger partial charge in [-0.1, -0.05) is 19.0 Å². The number of rotatable bonds is 2. The van der Waals surface area contributed by atoms with E-state index in [0.717, 1.165) is 18.5 Å². The Morgan fingerprint density at radius 2 is 2.33 bits per heavy atom. The van der Waals surface area contributed by atoms with Crippen molar-refractivity contribution in [3.05, 3.63) is 24.5 Å². The highest BCUT2D eigenvalue weighted by molar-refractivity contribution is 5.51. The highest BCUT2D eigenvalue weighted by Gasteiger charge is 2.37. The lowest BCUT2D eigenvalue weighted by Crippen LogP contribution is -2.39. The zero-order valence-corrected chi connectivity index (χ0v) is 10.6. The van der Waals surface area contributed by atoms with Gasteiger partial charge in [0.05, 0.1) is 17.9 Å². The Balaban J connectivity index is 1.89. The van der Waals surface area contributed by atoms with Crippen molar-refractivity contribution in [1.82, 2.24) is 15.5 Å². The summed E-state index contributed by atoms with van der Waals surface area (Å²) >= 11 is 0. The van der Waals surface area contributed by atoms with Gasteiger partial charge in [0, 0.05) is 0 Å². The Morgan fingerprint density at radius 1 is 1.44 bits per heavy atom. The molecule has 0 aromatic carbocycles. The van der Waals surface area contributed by atoms with E-state index in [1.54, 1.807) is 12.5 Å². The average Bonchev–Trinajstić information content (AvgIpc) is 2.99. The van der Waals surface area contributed by atoms with Crippen molar-refractivity contribution in [2.75, 3.05) is 6.54 Å². The second kappa shape index (κ2) is 4.24. The van der Waals surface area contributed by atoms with Gasteiger partial charge >= 0.3 is 0 Å². The van der Waals surface area contributed by atoms with Crippen molar-refractivity contribution in [2.24, 2.45) is 5.41 Å². The molecular formula is C13H17N3O2. The Labute approximate surface area is 106 Å². The van der Waals surface area contributed by atoms with Crippen LogP contribution < -0.4 is 5.32 Å². The van der Waals surface area contributed by atoms with Crippen molar-refractivity contribution < 1.29 is 8.94 Å². The van der Waals surface area contributed by atoms with Gasteiger partial charge in [0.1, 0.15) is 6.26 Å². The van der Waals surface area contributed by atoms with Crippen molar-refractivity contribution in [1.29, 1.82) is 0 Å². The van der Waals surface area contributed by atoms with Crippen LogP contribution >= 0.6 is 0 Å². The van der Waals surface area contributed by atoms with Crippen molar-refractivity contribution in [3.8, 4) is 11.4 Å². The van der Waals surface area contributed by atoms with Gasteiger partial charge < -0.3 is 14.3 Å². The number of hydrogen-bond acceptors (Lipinski definition) is 5. The Bertz CT molecular complexity index is 516. The third-order valence-electron chi connectivity index (χ3n) is 3.60. The van der Waals surface area contributed by atoms with Crippen LogP contribution in [0.4, 0.5) is 0 Å². The molecule has 1 fully saturated rings. The molecule has 0 bridgehead atoms. The maximum Gasteiger partial charge on any atom is 0.244 e. The van der Waals surface area contributed by atoms with Gasteiger partial charge in [-0.25, -0.2) is 0 Å². The number of nitrogens with one attached hydrogen (secondary N) is 1. The van der Waals surface area contributed by atoms with Gasteiger partial charge in [-0.3, -0.25) is 0 Å². The number of nitrogens with zero attached hydrogens (tertiary/aromatic N) is 2. The van der Waals surface area contributed by atoms with E-state index in [9.17, 15) is 0 Å². The molecule has 1 N–H and O–H groups in total. The molecule has 0 aliphatic carbocycles. The monoisotopic (exact) mass is 247 g/mol. The summed E-state index contributed by atoms with van der Waals surface area (Å²) in [6.45, 7) is 5.45. The molecule has 5 heteroatoms. The summed E-state index contributed by atoms with van der Waals surface area (Å²) < 4.78 is 10.4. The fraction of sp³-hybridized carbons (Fsp3) is 0.538. The second-order valence-electron chi connectivity index (χ2n) is 5.45. The van der Waals surface area contributed by atoms with Gasteiger partial charge in [0.2, 0.25) is 11.7 Å². The van der Waals surface area contributed by atoms with Crippen LogP contribution in [0.5, 0.6) is 0 Å². The minimum atomic E-state index is 0.124. The maximum absolute atomic E-state index is 5.40. The zero-order chi connectivity index (χ0) is 12.6. The Kier molecular flexibility index (Phi) is 2.70. The lowest BCUT2D eigenvalue weighted by molar-refractivity contribution is 0.146. The van der Waals surface area contributed by atoms with Crippen LogP contribution in [0.3, 0.4) is 0 Å². The molecule has 18 heavy (non-hydrogen) atoms.